The molecule has 2 N–H and O–H groups in total. The van der Waals surface area contributed by atoms with Crippen LogP contribution in [-0.2, 0) is 11.3 Å². The molecular weight excluding hydrogens is 264 g/mol. The van der Waals surface area contributed by atoms with Crippen LogP contribution in [-0.4, -0.2) is 10.2 Å². The van der Waals surface area contributed by atoms with Crippen molar-refractivity contribution in [3.63, 3.8) is 0 Å². The maximum atomic E-state index is 9.23. The van der Waals surface area contributed by atoms with E-state index >= 15 is 0 Å². The van der Waals surface area contributed by atoms with Crippen molar-refractivity contribution in [2.24, 2.45) is 0 Å². The van der Waals surface area contributed by atoms with Gasteiger partial charge in [-0.1, -0.05) is 48.5 Å². The van der Waals surface area contributed by atoms with Gasteiger partial charge in [0.05, 0.1) is 5.76 Å². The summed E-state index contributed by atoms with van der Waals surface area (Å²) in [6, 6.07) is 17.2. The van der Waals surface area contributed by atoms with Crippen LogP contribution in [0.5, 0.6) is 0 Å². The number of ether oxygens (including phenoxy) is 1. The topological polar surface area (TPSA) is 49.7 Å². The van der Waals surface area contributed by atoms with Gasteiger partial charge in [0.1, 0.15) is 6.61 Å². The second kappa shape index (κ2) is 7.07. The molecular formula is C18H20O3. The van der Waals surface area contributed by atoms with Crippen LogP contribution in [0.1, 0.15) is 36.8 Å². The molecule has 0 aliphatic heterocycles. The fourth-order valence-electron chi connectivity index (χ4n) is 2.01. The molecule has 110 valence electrons. The minimum atomic E-state index is -1.46. The molecule has 2 aromatic rings. The average Bonchev–Trinajstić information content (AvgIpc) is 2.53. The van der Waals surface area contributed by atoms with Gasteiger partial charge in [-0.3, -0.25) is 0 Å². The molecule has 0 saturated heterocycles. The number of aliphatic hydroxyl groups excluding tert-OH is 1. The molecule has 0 unspecified atom stereocenters. The second-order valence-corrected chi connectivity index (χ2v) is 4.95. The van der Waals surface area contributed by atoms with Gasteiger partial charge >= 0.3 is 0 Å². The Morgan fingerprint density at radius 3 is 2.38 bits per heavy atom. The first-order chi connectivity index (χ1) is 10.1. The molecule has 0 fully saturated rings. The van der Waals surface area contributed by atoms with Crippen molar-refractivity contribution in [3.8, 4) is 0 Å². The van der Waals surface area contributed by atoms with Crippen molar-refractivity contribution in [1.29, 1.82) is 0 Å². The fourth-order valence-corrected chi connectivity index (χ4v) is 2.01. The fraction of sp³-hybridized carbons (Fsp3) is 0.222. The van der Waals surface area contributed by atoms with Crippen LogP contribution < -0.4 is 0 Å². The van der Waals surface area contributed by atoms with E-state index in [1.165, 1.54) is 0 Å². The standard InChI is InChI=1S/C18H20O3/c1-13(16-9-6-10-17(11-16)18(19)20)14(2)21-12-15-7-4-3-5-8-15/h3-11,18-20H,12H2,1-2H3. The summed E-state index contributed by atoms with van der Waals surface area (Å²) in [5.41, 5.74) is 3.49. The summed E-state index contributed by atoms with van der Waals surface area (Å²) in [4.78, 5) is 0. The zero-order valence-corrected chi connectivity index (χ0v) is 12.3. The van der Waals surface area contributed by atoms with E-state index in [0.29, 0.717) is 12.2 Å². The molecule has 2 aromatic carbocycles. The third-order valence-electron chi connectivity index (χ3n) is 3.44. The SMILES string of the molecule is CC(OCc1ccccc1)=C(C)c1cccc(C(O)O)c1. The Balaban J connectivity index is 2.12. The van der Waals surface area contributed by atoms with E-state index in [-0.39, 0.29) is 0 Å². The molecule has 0 saturated carbocycles. The summed E-state index contributed by atoms with van der Waals surface area (Å²) in [5.74, 6) is 0.823. The highest BCUT2D eigenvalue weighted by Crippen LogP contribution is 2.22. The van der Waals surface area contributed by atoms with Gasteiger partial charge in [-0.15, -0.1) is 0 Å². The Bertz CT molecular complexity index is 615. The monoisotopic (exact) mass is 284 g/mol. The molecule has 0 amide bonds. The number of hydrogen-bond donors (Lipinski definition) is 2. The molecule has 0 aliphatic carbocycles. The summed E-state index contributed by atoms with van der Waals surface area (Å²) in [6.45, 7) is 4.40. The Kier molecular flexibility index (Phi) is 5.14. The van der Waals surface area contributed by atoms with Crippen molar-refractivity contribution >= 4 is 5.57 Å². The van der Waals surface area contributed by atoms with Crippen LogP contribution in [0, 0.1) is 0 Å². The summed E-state index contributed by atoms with van der Waals surface area (Å²) in [6.07, 6.45) is -1.46. The van der Waals surface area contributed by atoms with Crippen LogP contribution in [0.2, 0.25) is 0 Å². The summed E-state index contributed by atoms with van der Waals surface area (Å²) in [7, 11) is 0. The van der Waals surface area contributed by atoms with Crippen LogP contribution in [0.4, 0.5) is 0 Å². The highest BCUT2D eigenvalue weighted by molar-refractivity contribution is 5.65. The third-order valence-corrected chi connectivity index (χ3v) is 3.44. The lowest BCUT2D eigenvalue weighted by Crippen LogP contribution is -1.97. The van der Waals surface area contributed by atoms with Crippen molar-refractivity contribution in [2.75, 3.05) is 0 Å². The van der Waals surface area contributed by atoms with Crippen molar-refractivity contribution in [1.82, 2.24) is 0 Å². The van der Waals surface area contributed by atoms with E-state index in [9.17, 15) is 10.2 Å². The quantitative estimate of drug-likeness (QED) is 0.651. The van der Waals surface area contributed by atoms with Crippen molar-refractivity contribution < 1.29 is 14.9 Å². The van der Waals surface area contributed by atoms with E-state index in [1.807, 2.05) is 50.2 Å². The highest BCUT2D eigenvalue weighted by atomic mass is 16.5. The molecule has 0 heterocycles. The van der Waals surface area contributed by atoms with E-state index in [2.05, 4.69) is 0 Å². The van der Waals surface area contributed by atoms with Gasteiger partial charge in [-0.25, -0.2) is 0 Å². The maximum absolute atomic E-state index is 9.23. The molecule has 0 bridgehead atoms. The molecule has 3 heteroatoms. The highest BCUT2D eigenvalue weighted by Gasteiger charge is 2.07. The molecule has 3 nitrogen and oxygen atoms in total. The normalized spacial score (nSPS) is 12.2. The predicted molar refractivity (Wildman–Crippen MR) is 83.1 cm³/mol. The first-order valence-electron chi connectivity index (χ1n) is 6.88. The molecule has 0 radical (unpaired) electrons. The van der Waals surface area contributed by atoms with Gasteiger partial charge in [-0.05, 0) is 36.6 Å². The lowest BCUT2D eigenvalue weighted by atomic mass is 10.0. The van der Waals surface area contributed by atoms with E-state index in [0.717, 1.165) is 22.5 Å². The summed E-state index contributed by atoms with van der Waals surface area (Å²) < 4.78 is 5.80. The molecule has 21 heavy (non-hydrogen) atoms. The van der Waals surface area contributed by atoms with Crippen LogP contribution >= 0.6 is 0 Å². The summed E-state index contributed by atoms with van der Waals surface area (Å²) in [5, 5.41) is 18.5. The Morgan fingerprint density at radius 1 is 1.00 bits per heavy atom. The van der Waals surface area contributed by atoms with Gasteiger partial charge < -0.3 is 14.9 Å². The lowest BCUT2D eigenvalue weighted by molar-refractivity contribution is -0.0425. The van der Waals surface area contributed by atoms with Gasteiger partial charge in [0.2, 0.25) is 0 Å². The van der Waals surface area contributed by atoms with E-state index in [4.69, 9.17) is 4.74 Å². The summed E-state index contributed by atoms with van der Waals surface area (Å²) >= 11 is 0. The largest absolute Gasteiger partial charge is 0.493 e. The Hall–Kier alpha value is -2.10. The molecule has 0 atom stereocenters. The maximum Gasteiger partial charge on any atom is 0.178 e. The minimum absolute atomic E-state index is 0.475. The van der Waals surface area contributed by atoms with Gasteiger partial charge in [0, 0.05) is 5.56 Å². The van der Waals surface area contributed by atoms with Crippen LogP contribution in [0.3, 0.4) is 0 Å². The van der Waals surface area contributed by atoms with Gasteiger partial charge in [0.15, 0.2) is 6.29 Å². The van der Waals surface area contributed by atoms with Gasteiger partial charge in [0.25, 0.3) is 0 Å². The molecule has 0 aliphatic rings. The number of benzene rings is 2. The zero-order chi connectivity index (χ0) is 15.2. The molecule has 2 rings (SSSR count). The zero-order valence-electron chi connectivity index (χ0n) is 12.3. The molecule has 0 spiro atoms. The van der Waals surface area contributed by atoms with Crippen LogP contribution in [0.25, 0.3) is 5.57 Å². The number of rotatable bonds is 5. The third kappa shape index (κ3) is 4.18. The van der Waals surface area contributed by atoms with Crippen LogP contribution in [0.15, 0.2) is 60.4 Å². The Labute approximate surface area is 125 Å². The van der Waals surface area contributed by atoms with E-state index < -0.39 is 6.29 Å². The number of hydrogen-bond acceptors (Lipinski definition) is 3. The first-order valence-corrected chi connectivity index (χ1v) is 6.88. The average molecular weight is 284 g/mol. The van der Waals surface area contributed by atoms with Gasteiger partial charge in [-0.2, -0.15) is 0 Å². The first kappa shape index (κ1) is 15.3. The lowest BCUT2D eigenvalue weighted by Gasteiger charge is -2.12. The second-order valence-electron chi connectivity index (χ2n) is 4.95. The Morgan fingerprint density at radius 2 is 1.71 bits per heavy atom. The number of aliphatic hydroxyl groups is 2. The number of allylic oxidation sites excluding steroid dienone is 2. The molecule has 0 aromatic heterocycles. The van der Waals surface area contributed by atoms with Crippen molar-refractivity contribution in [2.45, 2.75) is 26.7 Å². The van der Waals surface area contributed by atoms with E-state index in [1.54, 1.807) is 18.2 Å². The van der Waals surface area contributed by atoms with Crippen molar-refractivity contribution in [3.05, 3.63) is 77.0 Å². The minimum Gasteiger partial charge on any atom is -0.493 e. The smallest absolute Gasteiger partial charge is 0.178 e. The predicted octanol–water partition coefficient (Wildman–Crippen LogP) is 3.64.